The molecule has 0 atom stereocenters. The molecule has 0 fully saturated rings. The van der Waals surface area contributed by atoms with Crippen molar-refractivity contribution in [2.75, 3.05) is 0 Å². The number of rotatable bonds is 0. The van der Waals surface area contributed by atoms with Crippen LogP contribution in [0.4, 0.5) is 0 Å². The van der Waals surface area contributed by atoms with E-state index >= 15 is 0 Å². The van der Waals surface area contributed by atoms with Crippen LogP contribution in [0.2, 0.25) is 0 Å². The molecule has 0 heterocycles. The SMILES string of the molecule is [Cu].[H-].[Li+].[Ni].[Ti]. The first kappa shape index (κ1) is 33.2. The van der Waals surface area contributed by atoms with Crippen molar-refractivity contribution >= 4 is 0 Å². The van der Waals surface area contributed by atoms with Crippen molar-refractivity contribution in [3.8, 4) is 0 Å². The van der Waals surface area contributed by atoms with E-state index in [9.17, 15) is 0 Å². The molecular formula is HCuLiNiTi. The monoisotopic (exact) mass is 177 g/mol. The standard InChI is InChI=1S/Cu.Li.Ni.Ti.H/q;+1;;;-1. The zero-order chi connectivity index (χ0) is 0. The minimum atomic E-state index is 0. The molecule has 0 unspecified atom stereocenters. The molecule has 0 amide bonds. The number of hydrogen-bond acceptors (Lipinski definition) is 0. The van der Waals surface area contributed by atoms with Crippen molar-refractivity contribution in [2.45, 2.75) is 0 Å². The molecule has 0 aromatic carbocycles. The van der Waals surface area contributed by atoms with Crippen LogP contribution >= 0.6 is 0 Å². The molecule has 4 heavy (non-hydrogen) atoms. The van der Waals surface area contributed by atoms with Crippen LogP contribution in [0.15, 0.2) is 0 Å². The van der Waals surface area contributed by atoms with Gasteiger partial charge < -0.3 is 1.43 Å². The van der Waals surface area contributed by atoms with Crippen molar-refractivity contribution in [1.82, 2.24) is 0 Å². The Morgan fingerprint density at radius 2 is 1.25 bits per heavy atom. The van der Waals surface area contributed by atoms with E-state index in [2.05, 4.69) is 0 Å². The van der Waals surface area contributed by atoms with Crippen LogP contribution in [-0.2, 0) is 55.3 Å². The van der Waals surface area contributed by atoms with Crippen molar-refractivity contribution in [3.63, 3.8) is 0 Å². The van der Waals surface area contributed by atoms with Gasteiger partial charge in [-0.05, 0) is 0 Å². The first-order valence-corrected chi connectivity index (χ1v) is 0. The Morgan fingerprint density at radius 1 is 1.25 bits per heavy atom. The molecule has 0 rings (SSSR count). The molecule has 0 saturated carbocycles. The molecule has 0 aromatic rings. The van der Waals surface area contributed by atoms with E-state index in [1.165, 1.54) is 0 Å². The fourth-order valence-electron chi connectivity index (χ4n) is 0. The van der Waals surface area contributed by atoms with E-state index in [-0.39, 0.29) is 75.6 Å². The third-order valence-electron chi connectivity index (χ3n) is 0. The second-order valence-electron chi connectivity index (χ2n) is 0. The molecule has 0 saturated heterocycles. The van der Waals surface area contributed by atoms with Crippen LogP contribution in [0, 0.1) is 0 Å². The molecule has 0 aliphatic carbocycles. The Kier molecular flexibility index (Phi) is 153. The summed E-state index contributed by atoms with van der Waals surface area (Å²) in [6, 6.07) is 0. The molecule has 0 N–H and O–H groups in total. The zero-order valence-electron chi connectivity index (χ0n) is 3.12. The third kappa shape index (κ3) is 8.85. The fourth-order valence-corrected chi connectivity index (χ4v) is 0. The molecule has 0 aliphatic heterocycles. The van der Waals surface area contributed by atoms with E-state index in [0.717, 1.165) is 0 Å². The van der Waals surface area contributed by atoms with Crippen LogP contribution in [0.3, 0.4) is 0 Å². The van der Waals surface area contributed by atoms with Gasteiger partial charge in [-0.1, -0.05) is 0 Å². The van der Waals surface area contributed by atoms with Gasteiger partial charge in [0.15, 0.2) is 0 Å². The minimum absolute atomic E-state index is 0. The van der Waals surface area contributed by atoms with E-state index in [1.54, 1.807) is 0 Å². The van der Waals surface area contributed by atoms with Crippen LogP contribution in [0.25, 0.3) is 0 Å². The second kappa shape index (κ2) is 18.4. The molecule has 0 spiro atoms. The maximum absolute atomic E-state index is 0. The van der Waals surface area contributed by atoms with Gasteiger partial charge in [-0.25, -0.2) is 0 Å². The molecule has 0 aliphatic rings. The normalized spacial score (nSPS) is 0. The van der Waals surface area contributed by atoms with E-state index in [4.69, 9.17) is 0 Å². The Morgan fingerprint density at radius 3 is 1.25 bits per heavy atom. The molecule has 27 valence electrons. The van der Waals surface area contributed by atoms with Gasteiger partial charge in [0, 0.05) is 55.3 Å². The van der Waals surface area contributed by atoms with Crippen molar-refractivity contribution < 1.29 is 75.6 Å². The van der Waals surface area contributed by atoms with Gasteiger partial charge in [0.05, 0.1) is 0 Å². The van der Waals surface area contributed by atoms with Crippen molar-refractivity contribution in [1.29, 1.82) is 0 Å². The Labute approximate surface area is 74.8 Å². The van der Waals surface area contributed by atoms with Crippen LogP contribution < -0.4 is 18.9 Å². The summed E-state index contributed by atoms with van der Waals surface area (Å²) in [6.07, 6.45) is 0. The topological polar surface area (TPSA) is 0 Å². The average Bonchev–Trinajstić information content (AvgIpc) is 0. The maximum Gasteiger partial charge on any atom is 1.00 e. The largest absolute Gasteiger partial charge is 1.00 e. The average molecular weight is 178 g/mol. The smallest absolute Gasteiger partial charge is 1.00 e. The maximum atomic E-state index is 0. The molecular weight excluding hydrogens is 177 g/mol. The summed E-state index contributed by atoms with van der Waals surface area (Å²) >= 11 is 0. The Bertz CT molecular complexity index is 11.6. The van der Waals surface area contributed by atoms with E-state index < -0.39 is 0 Å². The predicted molar refractivity (Wildman–Crippen MR) is 1.11 cm³/mol. The van der Waals surface area contributed by atoms with Gasteiger partial charge in [-0.2, -0.15) is 0 Å². The van der Waals surface area contributed by atoms with Crippen molar-refractivity contribution in [3.05, 3.63) is 0 Å². The minimum Gasteiger partial charge on any atom is -1.00 e. The predicted octanol–water partition coefficient (Wildman–Crippen LogP) is -2.89. The molecule has 0 bridgehead atoms. The quantitative estimate of drug-likeness (QED) is 0.349. The fraction of sp³-hybridized carbons (Fsp3) is 0. The molecule has 0 aromatic heterocycles. The summed E-state index contributed by atoms with van der Waals surface area (Å²) < 4.78 is 0. The van der Waals surface area contributed by atoms with E-state index in [1.807, 2.05) is 0 Å². The van der Waals surface area contributed by atoms with Gasteiger partial charge in [-0.15, -0.1) is 0 Å². The van der Waals surface area contributed by atoms with Crippen molar-refractivity contribution in [2.24, 2.45) is 0 Å². The molecule has 0 nitrogen and oxygen atoms in total. The molecule has 4 heteroatoms. The summed E-state index contributed by atoms with van der Waals surface area (Å²) in [6.45, 7) is 0. The first-order valence-electron chi connectivity index (χ1n) is 0. The first-order chi connectivity index (χ1) is 0. The number of hydrogen-bond donors (Lipinski definition) is 0. The van der Waals surface area contributed by atoms with Gasteiger partial charge in [0.1, 0.15) is 0 Å². The van der Waals surface area contributed by atoms with Crippen LogP contribution in [0.1, 0.15) is 1.43 Å². The second-order valence-corrected chi connectivity index (χ2v) is 0. The van der Waals surface area contributed by atoms with Crippen LogP contribution in [0.5, 0.6) is 0 Å². The van der Waals surface area contributed by atoms with Gasteiger partial charge in [0.2, 0.25) is 0 Å². The Balaban J connectivity index is 0. The Hall–Kier alpha value is 2.32. The third-order valence-corrected chi connectivity index (χ3v) is 0. The summed E-state index contributed by atoms with van der Waals surface area (Å²) in [5, 5.41) is 0. The summed E-state index contributed by atoms with van der Waals surface area (Å²) in [5.74, 6) is 0. The van der Waals surface area contributed by atoms with Gasteiger partial charge in [0.25, 0.3) is 0 Å². The van der Waals surface area contributed by atoms with Gasteiger partial charge in [-0.3, -0.25) is 0 Å². The van der Waals surface area contributed by atoms with Crippen LogP contribution in [-0.4, -0.2) is 0 Å². The molecule has 1 radical (unpaired) electrons. The van der Waals surface area contributed by atoms with Gasteiger partial charge >= 0.3 is 18.9 Å². The summed E-state index contributed by atoms with van der Waals surface area (Å²) in [7, 11) is 0. The van der Waals surface area contributed by atoms with E-state index in [0.29, 0.717) is 0 Å². The zero-order valence-corrected chi connectivity index (χ0v) is 5.61. The summed E-state index contributed by atoms with van der Waals surface area (Å²) in [4.78, 5) is 0. The summed E-state index contributed by atoms with van der Waals surface area (Å²) in [5.41, 5.74) is 0.